The van der Waals surface area contributed by atoms with Gasteiger partial charge >= 0.3 is 0 Å². The first-order valence-corrected chi connectivity index (χ1v) is 8.19. The van der Waals surface area contributed by atoms with Crippen LogP contribution < -0.4 is 10.6 Å². The predicted molar refractivity (Wildman–Crippen MR) is 92.4 cm³/mol. The van der Waals surface area contributed by atoms with Gasteiger partial charge in [0, 0.05) is 30.7 Å². The zero-order valence-electron chi connectivity index (χ0n) is 14.5. The van der Waals surface area contributed by atoms with Gasteiger partial charge in [0.15, 0.2) is 0 Å². The molecule has 0 aliphatic carbocycles. The highest BCUT2D eigenvalue weighted by molar-refractivity contribution is 5.92. The van der Waals surface area contributed by atoms with E-state index in [1.165, 1.54) is 5.56 Å². The molecule has 23 heavy (non-hydrogen) atoms. The number of hydrogen-bond donors (Lipinski definition) is 2. The third-order valence-electron chi connectivity index (χ3n) is 4.32. The molecule has 0 unspecified atom stereocenters. The Balaban J connectivity index is 2.01. The highest BCUT2D eigenvalue weighted by atomic mass is 16.2. The minimum atomic E-state index is -0.322. The Morgan fingerprint density at radius 2 is 2.13 bits per heavy atom. The summed E-state index contributed by atoms with van der Waals surface area (Å²) >= 11 is 0. The molecule has 1 aromatic rings. The summed E-state index contributed by atoms with van der Waals surface area (Å²) in [7, 11) is 0. The molecule has 2 rings (SSSR count). The number of carbonyl (C=O) groups excluding carboxylic acids is 2. The lowest BCUT2D eigenvalue weighted by Crippen LogP contribution is -2.48. The lowest BCUT2D eigenvalue weighted by molar-refractivity contribution is -0.123. The van der Waals surface area contributed by atoms with Crippen molar-refractivity contribution in [2.45, 2.75) is 45.6 Å². The minimum Gasteiger partial charge on any atom is -0.355 e. The Labute approximate surface area is 138 Å². The van der Waals surface area contributed by atoms with Crippen LogP contribution in [0.3, 0.4) is 0 Å². The maximum atomic E-state index is 12.4. The molecule has 1 aliphatic heterocycles. The van der Waals surface area contributed by atoms with Crippen molar-refractivity contribution in [1.29, 1.82) is 0 Å². The van der Waals surface area contributed by atoms with Gasteiger partial charge in [0.05, 0.1) is 6.54 Å². The van der Waals surface area contributed by atoms with Gasteiger partial charge in [-0.25, -0.2) is 0 Å². The Bertz CT molecular complexity index is 581. The van der Waals surface area contributed by atoms with E-state index in [2.05, 4.69) is 35.4 Å². The molecular weight excluding hydrogens is 290 g/mol. The SMILES string of the molecule is CC(C)c1cccc(NC(=O)CN2CCNC(=O)CC2(C)C)c1. The molecule has 1 aliphatic rings. The van der Waals surface area contributed by atoms with E-state index in [0.29, 0.717) is 25.4 Å². The van der Waals surface area contributed by atoms with Crippen molar-refractivity contribution in [2.24, 2.45) is 0 Å². The third-order valence-corrected chi connectivity index (χ3v) is 4.32. The van der Waals surface area contributed by atoms with Crippen LogP contribution in [0.5, 0.6) is 0 Å². The average Bonchev–Trinajstić information content (AvgIpc) is 2.57. The van der Waals surface area contributed by atoms with E-state index in [-0.39, 0.29) is 23.9 Å². The summed E-state index contributed by atoms with van der Waals surface area (Å²) in [5.74, 6) is 0.421. The molecule has 0 radical (unpaired) electrons. The average molecular weight is 317 g/mol. The lowest BCUT2D eigenvalue weighted by atomic mass is 9.98. The lowest BCUT2D eigenvalue weighted by Gasteiger charge is -2.35. The number of nitrogens with zero attached hydrogens (tertiary/aromatic N) is 1. The van der Waals surface area contributed by atoms with Crippen LogP contribution >= 0.6 is 0 Å². The molecule has 1 fully saturated rings. The molecule has 1 heterocycles. The van der Waals surface area contributed by atoms with E-state index < -0.39 is 0 Å². The minimum absolute atomic E-state index is 0.0440. The van der Waals surface area contributed by atoms with Crippen molar-refractivity contribution < 1.29 is 9.59 Å². The van der Waals surface area contributed by atoms with Gasteiger partial charge in [-0.1, -0.05) is 26.0 Å². The molecule has 0 atom stereocenters. The molecule has 5 nitrogen and oxygen atoms in total. The van der Waals surface area contributed by atoms with Crippen LogP contribution in [0.25, 0.3) is 0 Å². The molecule has 5 heteroatoms. The maximum Gasteiger partial charge on any atom is 0.238 e. The summed E-state index contributed by atoms with van der Waals surface area (Å²) in [6.07, 6.45) is 0.406. The molecule has 2 N–H and O–H groups in total. The van der Waals surface area contributed by atoms with Gasteiger partial charge in [0.1, 0.15) is 0 Å². The number of anilines is 1. The highest BCUT2D eigenvalue weighted by Crippen LogP contribution is 2.21. The Morgan fingerprint density at radius 3 is 2.83 bits per heavy atom. The van der Waals surface area contributed by atoms with Crippen LogP contribution in [0.15, 0.2) is 24.3 Å². The third kappa shape index (κ3) is 4.79. The summed E-state index contributed by atoms with van der Waals surface area (Å²) < 4.78 is 0. The fraction of sp³-hybridized carbons (Fsp3) is 0.556. The summed E-state index contributed by atoms with van der Waals surface area (Å²) in [5.41, 5.74) is 1.70. The van der Waals surface area contributed by atoms with Gasteiger partial charge in [-0.3, -0.25) is 14.5 Å². The van der Waals surface area contributed by atoms with Gasteiger partial charge in [-0.2, -0.15) is 0 Å². The first kappa shape index (κ1) is 17.5. The van der Waals surface area contributed by atoms with E-state index >= 15 is 0 Å². The van der Waals surface area contributed by atoms with Crippen molar-refractivity contribution in [3.8, 4) is 0 Å². The molecule has 0 saturated carbocycles. The van der Waals surface area contributed by atoms with E-state index in [1.54, 1.807) is 0 Å². The van der Waals surface area contributed by atoms with Crippen LogP contribution in [-0.4, -0.2) is 41.9 Å². The van der Waals surface area contributed by atoms with Crippen molar-refractivity contribution in [3.63, 3.8) is 0 Å². The van der Waals surface area contributed by atoms with Crippen molar-refractivity contribution in [2.75, 3.05) is 25.0 Å². The number of rotatable bonds is 4. The Morgan fingerprint density at radius 1 is 1.39 bits per heavy atom. The molecule has 0 bridgehead atoms. The van der Waals surface area contributed by atoms with Gasteiger partial charge < -0.3 is 10.6 Å². The fourth-order valence-corrected chi connectivity index (χ4v) is 2.84. The molecule has 1 aromatic carbocycles. The van der Waals surface area contributed by atoms with Gasteiger partial charge in [0.25, 0.3) is 0 Å². The first-order chi connectivity index (χ1) is 10.8. The zero-order chi connectivity index (χ0) is 17.0. The summed E-state index contributed by atoms with van der Waals surface area (Å²) in [4.78, 5) is 26.1. The number of hydrogen-bond acceptors (Lipinski definition) is 3. The smallest absolute Gasteiger partial charge is 0.238 e. The number of nitrogens with one attached hydrogen (secondary N) is 2. The Kier molecular flexibility index (Phi) is 5.42. The Hall–Kier alpha value is -1.88. The summed E-state index contributed by atoms with van der Waals surface area (Å²) in [5, 5.41) is 5.83. The standard InChI is InChI=1S/C18H27N3O2/c1-13(2)14-6-5-7-15(10-14)20-17(23)12-21-9-8-19-16(22)11-18(21,3)4/h5-7,10,13H,8-9,11-12H2,1-4H3,(H,19,22)(H,20,23). The molecule has 2 amide bonds. The van der Waals surface area contributed by atoms with Crippen LogP contribution in [-0.2, 0) is 9.59 Å². The second kappa shape index (κ2) is 7.13. The quantitative estimate of drug-likeness (QED) is 0.896. The van der Waals surface area contributed by atoms with E-state index in [9.17, 15) is 9.59 Å². The van der Waals surface area contributed by atoms with Crippen LogP contribution in [0.4, 0.5) is 5.69 Å². The maximum absolute atomic E-state index is 12.4. The second-order valence-corrected chi connectivity index (χ2v) is 7.09. The van der Waals surface area contributed by atoms with Crippen LogP contribution in [0.2, 0.25) is 0 Å². The molecule has 1 saturated heterocycles. The molecule has 126 valence electrons. The van der Waals surface area contributed by atoms with Gasteiger partial charge in [0.2, 0.25) is 11.8 Å². The van der Waals surface area contributed by atoms with Gasteiger partial charge in [-0.05, 0) is 37.5 Å². The zero-order valence-corrected chi connectivity index (χ0v) is 14.5. The topological polar surface area (TPSA) is 61.4 Å². The summed E-state index contributed by atoms with van der Waals surface area (Å²) in [6.45, 7) is 9.81. The van der Waals surface area contributed by atoms with Crippen molar-refractivity contribution in [1.82, 2.24) is 10.2 Å². The van der Waals surface area contributed by atoms with Crippen LogP contribution in [0, 0.1) is 0 Å². The first-order valence-electron chi connectivity index (χ1n) is 8.19. The number of amides is 2. The van der Waals surface area contributed by atoms with Crippen molar-refractivity contribution >= 4 is 17.5 Å². The summed E-state index contributed by atoms with van der Waals surface area (Å²) in [6, 6.07) is 7.95. The van der Waals surface area contributed by atoms with Crippen molar-refractivity contribution in [3.05, 3.63) is 29.8 Å². The highest BCUT2D eigenvalue weighted by Gasteiger charge is 2.32. The second-order valence-electron chi connectivity index (χ2n) is 7.09. The molecule has 0 aromatic heterocycles. The number of carbonyl (C=O) groups is 2. The molecular formula is C18H27N3O2. The fourth-order valence-electron chi connectivity index (χ4n) is 2.84. The predicted octanol–water partition coefficient (Wildman–Crippen LogP) is 2.35. The van der Waals surface area contributed by atoms with E-state index in [1.807, 2.05) is 32.0 Å². The van der Waals surface area contributed by atoms with Gasteiger partial charge in [-0.15, -0.1) is 0 Å². The largest absolute Gasteiger partial charge is 0.355 e. The number of benzene rings is 1. The van der Waals surface area contributed by atoms with E-state index in [4.69, 9.17) is 0 Å². The van der Waals surface area contributed by atoms with E-state index in [0.717, 1.165) is 5.69 Å². The monoisotopic (exact) mass is 317 g/mol. The van der Waals surface area contributed by atoms with Crippen LogP contribution in [0.1, 0.15) is 45.6 Å². The molecule has 0 spiro atoms. The normalized spacial score (nSPS) is 18.4.